The highest BCUT2D eigenvalue weighted by atomic mass is 16.2. The molecule has 0 bridgehead atoms. The summed E-state index contributed by atoms with van der Waals surface area (Å²) in [6.07, 6.45) is 16.1. The molecule has 6 rings (SSSR count). The molecule has 1 saturated heterocycles. The smallest absolute Gasteiger partial charge is 0.222 e. The Morgan fingerprint density at radius 3 is 2.50 bits per heavy atom. The number of fused-ring (bicyclic) bond motifs is 1. The Balaban J connectivity index is 1.18. The number of amides is 1. The zero-order chi connectivity index (χ0) is 26.1. The van der Waals surface area contributed by atoms with Gasteiger partial charge >= 0.3 is 0 Å². The van der Waals surface area contributed by atoms with E-state index in [1.807, 2.05) is 42.8 Å². The van der Waals surface area contributed by atoms with Gasteiger partial charge in [0.1, 0.15) is 11.9 Å². The molecule has 2 fully saturated rings. The molecule has 0 spiro atoms. The van der Waals surface area contributed by atoms with Crippen LogP contribution in [0.5, 0.6) is 0 Å². The van der Waals surface area contributed by atoms with Crippen LogP contribution in [0.1, 0.15) is 44.1 Å². The van der Waals surface area contributed by atoms with Gasteiger partial charge in [-0.05, 0) is 30.5 Å². The maximum Gasteiger partial charge on any atom is 0.222 e. The highest BCUT2D eigenvalue weighted by Gasteiger charge is 2.24. The average Bonchev–Trinajstić information content (AvgIpc) is 3.72. The first kappa shape index (κ1) is 24.2. The van der Waals surface area contributed by atoms with Crippen molar-refractivity contribution in [1.29, 1.82) is 5.26 Å². The van der Waals surface area contributed by atoms with E-state index in [-0.39, 0.29) is 0 Å². The fraction of sp³-hybridized carbons (Fsp3) is 0.414. The molecule has 4 aromatic rings. The van der Waals surface area contributed by atoms with Crippen LogP contribution in [0.25, 0.3) is 27.8 Å². The third-order valence-corrected chi connectivity index (χ3v) is 8.03. The number of nitriles is 1. The number of aromatic nitrogens is 5. The number of aryl methyl sites for hydroxylation is 1. The predicted octanol–water partition coefficient (Wildman–Crippen LogP) is 4.29. The number of carbonyl (C=O) groups is 1. The van der Waals surface area contributed by atoms with Gasteiger partial charge in [-0.2, -0.15) is 15.5 Å². The van der Waals surface area contributed by atoms with Gasteiger partial charge in [-0.25, -0.2) is 9.50 Å². The number of anilines is 1. The summed E-state index contributed by atoms with van der Waals surface area (Å²) in [5.74, 6) is 1.95. The zero-order valence-corrected chi connectivity index (χ0v) is 21.8. The summed E-state index contributed by atoms with van der Waals surface area (Å²) in [5, 5.41) is 18.4. The molecule has 0 radical (unpaired) electrons. The Morgan fingerprint density at radius 2 is 1.82 bits per heavy atom. The second kappa shape index (κ2) is 10.3. The van der Waals surface area contributed by atoms with Gasteiger partial charge in [0.15, 0.2) is 0 Å². The molecule has 38 heavy (non-hydrogen) atoms. The van der Waals surface area contributed by atoms with Crippen LogP contribution >= 0.6 is 0 Å². The van der Waals surface area contributed by atoms with Gasteiger partial charge in [0.2, 0.25) is 5.91 Å². The molecule has 4 aromatic heterocycles. The minimum Gasteiger partial charge on any atom is -0.353 e. The third-order valence-electron chi connectivity index (χ3n) is 8.03. The molecule has 0 atom stereocenters. The second-order valence-corrected chi connectivity index (χ2v) is 10.5. The van der Waals surface area contributed by atoms with Crippen LogP contribution in [0.3, 0.4) is 0 Å². The number of nitrogens with zero attached hydrogens (tertiary/aromatic N) is 8. The van der Waals surface area contributed by atoms with E-state index in [1.165, 1.54) is 25.7 Å². The fourth-order valence-corrected chi connectivity index (χ4v) is 5.85. The number of hydrogen-bond donors (Lipinski definition) is 0. The Hall–Kier alpha value is -4.19. The summed E-state index contributed by atoms with van der Waals surface area (Å²) in [5.41, 5.74) is 5.05. The lowest BCUT2D eigenvalue weighted by atomic mass is 10.0. The molecule has 1 aliphatic heterocycles. The number of pyridine rings is 2. The highest BCUT2D eigenvalue weighted by Crippen LogP contribution is 2.32. The van der Waals surface area contributed by atoms with E-state index < -0.39 is 0 Å². The number of rotatable bonds is 6. The van der Waals surface area contributed by atoms with Crippen molar-refractivity contribution < 1.29 is 4.79 Å². The molecule has 1 aliphatic carbocycles. The lowest BCUT2D eigenvalue weighted by Crippen LogP contribution is -2.49. The average molecular weight is 509 g/mol. The monoisotopic (exact) mass is 508 g/mol. The largest absolute Gasteiger partial charge is 0.353 e. The zero-order valence-electron chi connectivity index (χ0n) is 21.8. The lowest BCUT2D eigenvalue weighted by molar-refractivity contribution is -0.131. The SMILES string of the molecule is Cn1cc(-c2cc(-c3ccc(N4CCN(C(=O)CCC5CCCC5)CC4)nc3)c3c(C#N)cnn3c2)cn1. The van der Waals surface area contributed by atoms with Crippen LogP contribution in [0.15, 0.2) is 49.2 Å². The molecule has 0 N–H and O–H groups in total. The van der Waals surface area contributed by atoms with Crippen molar-refractivity contribution in [2.24, 2.45) is 13.0 Å². The van der Waals surface area contributed by atoms with Crippen molar-refractivity contribution in [2.45, 2.75) is 38.5 Å². The molecule has 1 amide bonds. The van der Waals surface area contributed by atoms with E-state index in [9.17, 15) is 10.1 Å². The van der Waals surface area contributed by atoms with Crippen molar-refractivity contribution in [3.8, 4) is 28.3 Å². The standard InChI is InChI=1S/C29H32N8O/c1-34-19-25(18-32-34)23-14-26(29-24(15-30)17-33-37(29)20-23)22-7-8-27(31-16-22)35-10-12-36(13-11-35)28(38)9-6-21-4-2-3-5-21/h7-8,14,16-21H,2-6,9-13H2,1H3. The van der Waals surface area contributed by atoms with Crippen LogP contribution in [0, 0.1) is 17.2 Å². The molecule has 2 aliphatic rings. The van der Waals surface area contributed by atoms with Crippen LogP contribution in [0.2, 0.25) is 0 Å². The van der Waals surface area contributed by atoms with Gasteiger partial charge in [0, 0.05) is 80.5 Å². The molecule has 5 heterocycles. The molecule has 9 heteroatoms. The van der Waals surface area contributed by atoms with Gasteiger partial charge in [-0.1, -0.05) is 25.7 Å². The van der Waals surface area contributed by atoms with Crippen LogP contribution in [-0.2, 0) is 11.8 Å². The van der Waals surface area contributed by atoms with E-state index >= 15 is 0 Å². The summed E-state index contributed by atoms with van der Waals surface area (Å²) < 4.78 is 3.52. The highest BCUT2D eigenvalue weighted by molar-refractivity contribution is 5.87. The summed E-state index contributed by atoms with van der Waals surface area (Å²) in [6, 6.07) is 8.42. The summed E-state index contributed by atoms with van der Waals surface area (Å²) in [7, 11) is 1.89. The second-order valence-electron chi connectivity index (χ2n) is 10.5. The van der Waals surface area contributed by atoms with Crippen LogP contribution in [-0.4, -0.2) is 61.4 Å². The van der Waals surface area contributed by atoms with Gasteiger partial charge in [0.05, 0.1) is 23.5 Å². The van der Waals surface area contributed by atoms with E-state index in [1.54, 1.807) is 15.4 Å². The number of carbonyl (C=O) groups excluding carboxylic acids is 1. The molecule has 0 aromatic carbocycles. The predicted molar refractivity (Wildman–Crippen MR) is 145 cm³/mol. The fourth-order valence-electron chi connectivity index (χ4n) is 5.85. The Morgan fingerprint density at radius 1 is 1.00 bits per heavy atom. The van der Waals surface area contributed by atoms with E-state index in [0.717, 1.165) is 72.1 Å². The molecule has 9 nitrogen and oxygen atoms in total. The summed E-state index contributed by atoms with van der Waals surface area (Å²) in [6.45, 7) is 3.04. The first-order valence-corrected chi connectivity index (χ1v) is 13.5. The van der Waals surface area contributed by atoms with Crippen molar-refractivity contribution in [2.75, 3.05) is 31.1 Å². The van der Waals surface area contributed by atoms with Crippen LogP contribution in [0.4, 0.5) is 5.82 Å². The minimum absolute atomic E-state index is 0.298. The number of hydrogen-bond acceptors (Lipinski definition) is 6. The molecular formula is C29H32N8O. The van der Waals surface area contributed by atoms with Crippen molar-refractivity contribution in [1.82, 2.24) is 29.3 Å². The van der Waals surface area contributed by atoms with Crippen molar-refractivity contribution in [3.05, 3.63) is 54.7 Å². The molecule has 1 saturated carbocycles. The van der Waals surface area contributed by atoms with E-state index in [2.05, 4.69) is 33.3 Å². The quantitative estimate of drug-likeness (QED) is 0.386. The van der Waals surface area contributed by atoms with E-state index in [0.29, 0.717) is 17.9 Å². The Bertz CT molecular complexity index is 1480. The Kier molecular flexibility index (Phi) is 6.54. The van der Waals surface area contributed by atoms with Crippen LogP contribution < -0.4 is 4.90 Å². The lowest BCUT2D eigenvalue weighted by Gasteiger charge is -2.35. The van der Waals surface area contributed by atoms with Gasteiger partial charge < -0.3 is 9.80 Å². The Labute approximate surface area is 222 Å². The summed E-state index contributed by atoms with van der Waals surface area (Å²) in [4.78, 5) is 21.8. The van der Waals surface area contributed by atoms with Gasteiger partial charge in [-0.15, -0.1) is 0 Å². The van der Waals surface area contributed by atoms with Gasteiger partial charge in [0.25, 0.3) is 0 Å². The number of piperazine rings is 1. The van der Waals surface area contributed by atoms with Crippen molar-refractivity contribution >= 4 is 17.2 Å². The first-order chi connectivity index (χ1) is 18.6. The van der Waals surface area contributed by atoms with E-state index in [4.69, 9.17) is 4.98 Å². The topological polar surface area (TPSA) is 95.3 Å². The first-order valence-electron chi connectivity index (χ1n) is 13.5. The normalized spacial score (nSPS) is 16.3. The maximum absolute atomic E-state index is 12.7. The third kappa shape index (κ3) is 4.74. The summed E-state index contributed by atoms with van der Waals surface area (Å²) >= 11 is 0. The molecule has 0 unspecified atom stereocenters. The molecular weight excluding hydrogens is 476 g/mol. The van der Waals surface area contributed by atoms with Gasteiger partial charge in [-0.3, -0.25) is 9.48 Å². The maximum atomic E-state index is 12.7. The van der Waals surface area contributed by atoms with Crippen molar-refractivity contribution in [3.63, 3.8) is 0 Å². The minimum atomic E-state index is 0.298. The molecule has 194 valence electrons.